The van der Waals surface area contributed by atoms with Gasteiger partial charge >= 0.3 is 0 Å². The van der Waals surface area contributed by atoms with Crippen molar-refractivity contribution in [2.24, 2.45) is 0 Å². The van der Waals surface area contributed by atoms with Crippen LogP contribution in [0.1, 0.15) is 6.92 Å². The van der Waals surface area contributed by atoms with Gasteiger partial charge in [-0.2, -0.15) is 0 Å². The molecule has 0 rings (SSSR count). The Balaban J connectivity index is 3.91. The topological polar surface area (TPSA) is 20.3 Å². The summed E-state index contributed by atoms with van der Waals surface area (Å²) < 4.78 is 0. The van der Waals surface area contributed by atoms with Gasteiger partial charge in [0.25, 0.3) is 0 Å². The number of nitrogens with zero attached hydrogens (tertiary/aromatic N) is 1. The Kier molecular flexibility index (Phi) is 4.29. The number of likely N-dealkylation sites (N-methyl/N-ethyl adjacent to an activating group) is 1. The molecule has 1 amide bonds. The fraction of sp³-hybridized carbons (Fsp3) is 0.250. The monoisotopic (exact) mass is 138 g/mol. The van der Waals surface area contributed by atoms with Crippen molar-refractivity contribution >= 4 is 5.91 Å². The van der Waals surface area contributed by atoms with Gasteiger partial charge in [-0.3, -0.25) is 4.79 Å². The fourth-order valence-corrected chi connectivity index (χ4v) is 0.579. The van der Waals surface area contributed by atoms with Crippen LogP contribution in [0.5, 0.6) is 0 Å². The number of amides is 1. The first-order chi connectivity index (χ1) is 4.76. The van der Waals surface area contributed by atoms with E-state index in [4.69, 9.17) is 0 Å². The summed E-state index contributed by atoms with van der Waals surface area (Å²) in [5.74, 6) is -0.0950. The van der Waals surface area contributed by atoms with E-state index in [1.165, 1.54) is 11.0 Å². The van der Waals surface area contributed by atoms with Crippen LogP contribution in [-0.4, -0.2) is 17.4 Å². The maximum Gasteiger partial charge on any atom is 0.246 e. The van der Waals surface area contributed by atoms with Crippen LogP contribution in [0.2, 0.25) is 0 Å². The Morgan fingerprint density at radius 2 is 2.20 bits per heavy atom. The molecule has 0 fully saturated rings. The van der Waals surface area contributed by atoms with Crippen molar-refractivity contribution in [2.45, 2.75) is 6.92 Å². The molecule has 0 N–H and O–H groups in total. The second-order valence-corrected chi connectivity index (χ2v) is 1.71. The van der Waals surface area contributed by atoms with Crippen LogP contribution in [0.25, 0.3) is 0 Å². The predicted octanol–water partition coefficient (Wildman–Crippen LogP) is 1.37. The quantitative estimate of drug-likeness (QED) is 0.537. The van der Waals surface area contributed by atoms with E-state index in [0.29, 0.717) is 6.54 Å². The van der Waals surface area contributed by atoms with Gasteiger partial charge in [0.05, 0.1) is 6.54 Å². The Morgan fingerprint density at radius 3 is 2.50 bits per heavy atom. The molecule has 10 heavy (non-hydrogen) atoms. The highest BCUT2D eigenvalue weighted by atomic mass is 16.2. The van der Waals surface area contributed by atoms with Crippen LogP contribution in [0, 0.1) is 6.54 Å². The summed E-state index contributed by atoms with van der Waals surface area (Å²) >= 11 is 0. The Bertz CT molecular complexity index is 140. The summed E-state index contributed by atoms with van der Waals surface area (Å²) in [6.45, 7) is 11.0. The molecule has 0 atom stereocenters. The van der Waals surface area contributed by atoms with Crippen molar-refractivity contribution in [1.29, 1.82) is 0 Å². The van der Waals surface area contributed by atoms with Crippen molar-refractivity contribution in [3.63, 3.8) is 0 Å². The van der Waals surface area contributed by atoms with Gasteiger partial charge in [0.1, 0.15) is 0 Å². The molecule has 0 aromatic heterocycles. The van der Waals surface area contributed by atoms with Gasteiger partial charge in [-0.1, -0.05) is 12.7 Å². The first-order valence-corrected chi connectivity index (χ1v) is 3.15. The van der Waals surface area contributed by atoms with Crippen LogP contribution < -0.4 is 0 Å². The summed E-state index contributed by atoms with van der Waals surface area (Å²) in [4.78, 5) is 12.4. The molecule has 0 unspecified atom stereocenters. The van der Waals surface area contributed by atoms with Gasteiger partial charge in [0, 0.05) is 6.54 Å². The molecule has 0 aromatic rings. The third kappa shape index (κ3) is 2.49. The molecule has 0 aliphatic carbocycles. The zero-order chi connectivity index (χ0) is 7.98. The minimum Gasteiger partial charge on any atom is -0.331 e. The van der Waals surface area contributed by atoms with Crippen LogP contribution in [0.3, 0.4) is 0 Å². The van der Waals surface area contributed by atoms with Gasteiger partial charge in [-0.25, -0.2) is 0 Å². The van der Waals surface area contributed by atoms with E-state index in [1.54, 1.807) is 12.6 Å². The maximum atomic E-state index is 10.9. The summed E-state index contributed by atoms with van der Waals surface area (Å²) in [6.07, 6.45) is 2.86. The molecular weight excluding hydrogens is 126 g/mol. The summed E-state index contributed by atoms with van der Waals surface area (Å²) in [5.41, 5.74) is 0. The third-order valence-electron chi connectivity index (χ3n) is 1.08. The summed E-state index contributed by atoms with van der Waals surface area (Å²) in [6, 6.07) is 0. The molecule has 0 aliphatic heterocycles. The van der Waals surface area contributed by atoms with E-state index < -0.39 is 0 Å². The van der Waals surface area contributed by atoms with E-state index in [0.717, 1.165) is 0 Å². The molecule has 0 saturated carbocycles. The van der Waals surface area contributed by atoms with Gasteiger partial charge in [0.15, 0.2) is 0 Å². The minimum absolute atomic E-state index is 0.0950. The molecule has 2 heteroatoms. The SMILES string of the molecule is C=C[CH]N(CC)C(=O)C=C. The highest BCUT2D eigenvalue weighted by Gasteiger charge is 2.03. The molecule has 0 aromatic carbocycles. The molecule has 2 nitrogen and oxygen atoms in total. The average Bonchev–Trinajstić information content (AvgIpc) is 1.99. The number of rotatable bonds is 4. The largest absolute Gasteiger partial charge is 0.331 e. The van der Waals surface area contributed by atoms with Crippen molar-refractivity contribution in [1.82, 2.24) is 4.90 Å². The highest BCUT2D eigenvalue weighted by molar-refractivity contribution is 5.87. The first-order valence-electron chi connectivity index (χ1n) is 3.15. The lowest BCUT2D eigenvalue weighted by Gasteiger charge is -2.14. The number of carbonyl (C=O) groups is 1. The Hall–Kier alpha value is -1.05. The fourth-order valence-electron chi connectivity index (χ4n) is 0.579. The zero-order valence-corrected chi connectivity index (χ0v) is 6.21. The minimum atomic E-state index is -0.0950. The molecule has 0 bridgehead atoms. The van der Waals surface area contributed by atoms with Crippen LogP contribution in [-0.2, 0) is 4.79 Å². The number of hydrogen-bond acceptors (Lipinski definition) is 1. The molecule has 0 saturated heterocycles. The maximum absolute atomic E-state index is 10.9. The van der Waals surface area contributed by atoms with E-state index >= 15 is 0 Å². The second-order valence-electron chi connectivity index (χ2n) is 1.71. The number of hydrogen-bond donors (Lipinski definition) is 0. The van der Waals surface area contributed by atoms with E-state index in [9.17, 15) is 4.79 Å². The molecule has 0 heterocycles. The smallest absolute Gasteiger partial charge is 0.246 e. The van der Waals surface area contributed by atoms with Gasteiger partial charge in [-0.15, -0.1) is 6.58 Å². The Labute approximate surface area is 61.8 Å². The van der Waals surface area contributed by atoms with Crippen LogP contribution in [0.15, 0.2) is 25.3 Å². The van der Waals surface area contributed by atoms with Crippen molar-refractivity contribution in [3.05, 3.63) is 31.9 Å². The van der Waals surface area contributed by atoms with Gasteiger partial charge < -0.3 is 4.90 Å². The van der Waals surface area contributed by atoms with Crippen molar-refractivity contribution in [3.8, 4) is 0 Å². The van der Waals surface area contributed by atoms with Crippen molar-refractivity contribution in [2.75, 3.05) is 6.54 Å². The van der Waals surface area contributed by atoms with E-state index in [1.807, 2.05) is 6.92 Å². The first kappa shape index (κ1) is 8.95. The average molecular weight is 138 g/mol. The predicted molar refractivity (Wildman–Crippen MR) is 42.1 cm³/mol. The lowest BCUT2D eigenvalue weighted by Crippen LogP contribution is -2.25. The van der Waals surface area contributed by atoms with Gasteiger partial charge in [0.2, 0.25) is 5.91 Å². The van der Waals surface area contributed by atoms with E-state index in [2.05, 4.69) is 13.2 Å². The normalized spacial score (nSPS) is 8.50. The molecule has 0 aliphatic rings. The Morgan fingerprint density at radius 1 is 1.60 bits per heavy atom. The third-order valence-corrected chi connectivity index (χ3v) is 1.08. The molecule has 1 radical (unpaired) electrons. The molecule has 0 spiro atoms. The molecular formula is C8H12NO. The lowest BCUT2D eigenvalue weighted by molar-refractivity contribution is -0.124. The standard InChI is InChI=1S/C8H12NO/c1-4-7-9(6-3)8(10)5-2/h4-5,7H,1-2,6H2,3H3. The summed E-state index contributed by atoms with van der Waals surface area (Å²) in [7, 11) is 0. The zero-order valence-electron chi connectivity index (χ0n) is 6.21. The van der Waals surface area contributed by atoms with Crippen LogP contribution in [0.4, 0.5) is 0 Å². The lowest BCUT2D eigenvalue weighted by atomic mass is 10.4. The highest BCUT2D eigenvalue weighted by Crippen LogP contribution is 1.94. The van der Waals surface area contributed by atoms with Crippen LogP contribution >= 0.6 is 0 Å². The van der Waals surface area contributed by atoms with Gasteiger partial charge in [-0.05, 0) is 13.0 Å². The molecule has 55 valence electrons. The summed E-state index contributed by atoms with van der Waals surface area (Å²) in [5, 5.41) is 0. The second kappa shape index (κ2) is 4.79. The number of carbonyl (C=O) groups excluding carboxylic acids is 1. The van der Waals surface area contributed by atoms with Crippen molar-refractivity contribution < 1.29 is 4.79 Å². The van der Waals surface area contributed by atoms with E-state index in [-0.39, 0.29) is 5.91 Å².